The van der Waals surface area contributed by atoms with Gasteiger partial charge in [-0.05, 0) is 23.8 Å². The van der Waals surface area contributed by atoms with E-state index in [-0.39, 0.29) is 33.8 Å². The molecule has 0 fully saturated rings. The lowest BCUT2D eigenvalue weighted by molar-refractivity contribution is 0.276. The molecule has 0 spiro atoms. The highest BCUT2D eigenvalue weighted by Crippen LogP contribution is 2.32. The van der Waals surface area contributed by atoms with E-state index in [2.05, 4.69) is 30.8 Å². The highest BCUT2D eigenvalue weighted by Gasteiger charge is 2.25. The molecule has 37 heavy (non-hydrogen) atoms. The van der Waals surface area contributed by atoms with Crippen molar-refractivity contribution in [1.82, 2.24) is 20.2 Å². The molecule has 0 unspecified atom stereocenters. The molecule has 0 aliphatic rings. The molecule has 2 aromatic heterocycles. The van der Waals surface area contributed by atoms with Gasteiger partial charge in [0.1, 0.15) is 5.82 Å². The van der Waals surface area contributed by atoms with Gasteiger partial charge in [0.15, 0.2) is 9.84 Å². The zero-order chi connectivity index (χ0) is 26.8. The predicted molar refractivity (Wildman–Crippen MR) is 142 cm³/mol. The third kappa shape index (κ3) is 6.24. The summed E-state index contributed by atoms with van der Waals surface area (Å²) in [6.07, 6.45) is 2.62. The molecule has 0 aliphatic carbocycles. The Bertz CT molecular complexity index is 1500. The second-order valence-electron chi connectivity index (χ2n) is 9.45. The Morgan fingerprint density at radius 2 is 1.84 bits per heavy atom. The molecule has 194 valence electrons. The minimum Gasteiger partial charge on any atom is -0.420 e. The molecule has 0 radical (unpaired) electrons. The number of nitrogens with one attached hydrogen (secondary N) is 2. The fourth-order valence-corrected chi connectivity index (χ4v) is 4.77. The summed E-state index contributed by atoms with van der Waals surface area (Å²) in [5.74, 6) is 1.24. The van der Waals surface area contributed by atoms with Gasteiger partial charge in [-0.15, -0.1) is 10.2 Å². The zero-order valence-electron chi connectivity index (χ0n) is 20.7. The third-order valence-corrected chi connectivity index (χ3v) is 6.95. The lowest BCUT2D eigenvalue weighted by atomic mass is 9.97. The summed E-state index contributed by atoms with van der Waals surface area (Å²) in [6.45, 7) is 5.69. The smallest absolute Gasteiger partial charge is 0.253 e. The first-order valence-corrected chi connectivity index (χ1v) is 13.6. The van der Waals surface area contributed by atoms with E-state index >= 15 is 0 Å². The Morgan fingerprint density at radius 3 is 2.43 bits per heavy atom. The number of halogens is 1. The second kappa shape index (κ2) is 10.4. The molecule has 0 saturated carbocycles. The van der Waals surface area contributed by atoms with E-state index in [9.17, 15) is 13.5 Å². The van der Waals surface area contributed by atoms with Crippen LogP contribution in [0.4, 0.5) is 17.5 Å². The van der Waals surface area contributed by atoms with Crippen LogP contribution in [-0.2, 0) is 15.3 Å². The maximum atomic E-state index is 11.9. The van der Waals surface area contributed by atoms with Crippen molar-refractivity contribution in [2.75, 3.05) is 23.5 Å². The lowest BCUT2D eigenvalue weighted by Gasteiger charge is -2.19. The van der Waals surface area contributed by atoms with Crippen molar-refractivity contribution in [2.24, 2.45) is 0 Å². The number of anilines is 3. The van der Waals surface area contributed by atoms with Gasteiger partial charge in [-0.1, -0.05) is 62.7 Å². The second-order valence-corrected chi connectivity index (χ2v) is 11.8. The van der Waals surface area contributed by atoms with Crippen molar-refractivity contribution in [3.63, 3.8) is 0 Å². The largest absolute Gasteiger partial charge is 0.420 e. The molecule has 1 atom stereocenters. The number of hydrogen-bond acceptors (Lipinski definition) is 10. The minimum absolute atomic E-state index is 0.0260. The number of sulfone groups is 1. The van der Waals surface area contributed by atoms with Crippen molar-refractivity contribution in [3.05, 3.63) is 71.2 Å². The summed E-state index contributed by atoms with van der Waals surface area (Å²) in [5.41, 5.74) is 1.45. The van der Waals surface area contributed by atoms with Gasteiger partial charge in [0.2, 0.25) is 11.8 Å². The zero-order valence-corrected chi connectivity index (χ0v) is 22.3. The van der Waals surface area contributed by atoms with Crippen LogP contribution in [0.2, 0.25) is 5.02 Å². The summed E-state index contributed by atoms with van der Waals surface area (Å²) in [5, 5.41) is 24.8. The molecule has 4 rings (SSSR count). The number of rotatable bonds is 8. The van der Waals surface area contributed by atoms with Gasteiger partial charge in [-0.25, -0.2) is 13.4 Å². The quantitative estimate of drug-likeness (QED) is 0.285. The molecular formula is C25H27ClN6O4S. The summed E-state index contributed by atoms with van der Waals surface area (Å²) >= 11 is 6.18. The maximum absolute atomic E-state index is 11.9. The van der Waals surface area contributed by atoms with Crippen LogP contribution in [0.15, 0.2) is 64.0 Å². The van der Waals surface area contributed by atoms with Gasteiger partial charge in [-0.2, -0.15) is 4.98 Å². The Balaban J connectivity index is 1.72. The van der Waals surface area contributed by atoms with E-state index in [1.165, 1.54) is 18.3 Å². The monoisotopic (exact) mass is 542 g/mol. The topological polar surface area (TPSA) is 143 Å². The predicted octanol–water partition coefficient (Wildman–Crippen LogP) is 4.77. The van der Waals surface area contributed by atoms with Crippen LogP contribution in [0.3, 0.4) is 0 Å². The first-order chi connectivity index (χ1) is 17.5. The molecule has 2 heterocycles. The minimum atomic E-state index is -3.47. The highest BCUT2D eigenvalue weighted by atomic mass is 35.5. The van der Waals surface area contributed by atoms with Crippen LogP contribution < -0.4 is 10.6 Å². The van der Waals surface area contributed by atoms with Crippen LogP contribution in [-0.4, -0.2) is 46.6 Å². The van der Waals surface area contributed by atoms with Crippen LogP contribution in [0.5, 0.6) is 0 Å². The fraction of sp³-hybridized carbons (Fsp3) is 0.280. The Morgan fingerprint density at radius 1 is 1.11 bits per heavy atom. The molecule has 0 amide bonds. The van der Waals surface area contributed by atoms with E-state index in [0.29, 0.717) is 23.0 Å². The summed E-state index contributed by atoms with van der Waals surface area (Å²) in [6, 6.07) is 13.4. The first kappa shape index (κ1) is 26.5. The molecule has 0 aliphatic heterocycles. The standard InChI is InChI=1S/C25H27ClN6O4S/c1-25(2,3)23-32-31-22(36-23)17-13-27-24(28-16-10-11-20(18(26)12-16)37(4,34)35)30-21(17)29-19(14-33)15-8-6-5-7-9-15/h5-13,19,33H,14H2,1-4H3,(H2,27,28,29,30)/t19-/m1/s1. The fourth-order valence-electron chi connectivity index (χ4n) is 3.44. The van der Waals surface area contributed by atoms with E-state index in [0.717, 1.165) is 11.8 Å². The Hall–Kier alpha value is -3.54. The number of nitrogens with zero attached hydrogens (tertiary/aromatic N) is 4. The van der Waals surface area contributed by atoms with Gasteiger partial charge >= 0.3 is 0 Å². The maximum Gasteiger partial charge on any atom is 0.253 e. The first-order valence-electron chi connectivity index (χ1n) is 11.4. The summed E-state index contributed by atoms with van der Waals surface area (Å²) < 4.78 is 29.7. The lowest BCUT2D eigenvalue weighted by Crippen LogP contribution is -2.17. The molecule has 4 aromatic rings. The van der Waals surface area contributed by atoms with Gasteiger partial charge in [0, 0.05) is 23.6 Å². The highest BCUT2D eigenvalue weighted by molar-refractivity contribution is 7.90. The Labute approximate surface area is 220 Å². The van der Waals surface area contributed by atoms with Gasteiger partial charge in [0.05, 0.1) is 28.1 Å². The van der Waals surface area contributed by atoms with E-state index in [4.69, 9.17) is 16.0 Å². The molecule has 2 aromatic carbocycles. The van der Waals surface area contributed by atoms with Gasteiger partial charge < -0.3 is 20.2 Å². The van der Waals surface area contributed by atoms with Gasteiger partial charge in [-0.3, -0.25) is 0 Å². The average molecular weight is 543 g/mol. The molecule has 0 bridgehead atoms. The molecular weight excluding hydrogens is 516 g/mol. The molecule has 3 N–H and O–H groups in total. The van der Waals surface area contributed by atoms with Crippen molar-refractivity contribution >= 4 is 38.9 Å². The average Bonchev–Trinajstić information content (AvgIpc) is 3.33. The van der Waals surface area contributed by atoms with Crippen molar-refractivity contribution in [2.45, 2.75) is 37.1 Å². The third-order valence-electron chi connectivity index (χ3n) is 5.37. The van der Waals surface area contributed by atoms with E-state index < -0.39 is 15.9 Å². The van der Waals surface area contributed by atoms with Crippen LogP contribution in [0.25, 0.3) is 11.5 Å². The van der Waals surface area contributed by atoms with Crippen LogP contribution in [0, 0.1) is 0 Å². The number of aliphatic hydroxyl groups excluding tert-OH is 1. The number of aliphatic hydroxyl groups is 1. The molecule has 12 heteroatoms. The van der Waals surface area contributed by atoms with Crippen molar-refractivity contribution in [1.29, 1.82) is 0 Å². The summed E-state index contributed by atoms with van der Waals surface area (Å²) in [7, 11) is -3.47. The van der Waals surface area contributed by atoms with E-state index in [1.807, 2.05) is 51.1 Å². The van der Waals surface area contributed by atoms with Crippen molar-refractivity contribution in [3.8, 4) is 11.5 Å². The number of benzene rings is 2. The van der Waals surface area contributed by atoms with Crippen LogP contribution in [0.1, 0.15) is 38.3 Å². The van der Waals surface area contributed by atoms with E-state index in [1.54, 1.807) is 6.07 Å². The molecule has 0 saturated heterocycles. The van der Waals surface area contributed by atoms with Crippen molar-refractivity contribution < 1.29 is 17.9 Å². The number of aromatic nitrogens is 4. The van der Waals surface area contributed by atoms with Gasteiger partial charge in [0.25, 0.3) is 5.89 Å². The SMILES string of the molecule is CC(C)(C)c1nnc(-c2cnc(Nc3ccc(S(C)(=O)=O)c(Cl)c3)nc2N[C@H](CO)c2ccccc2)o1. The Kier molecular flexibility index (Phi) is 7.49. The summed E-state index contributed by atoms with van der Waals surface area (Å²) in [4.78, 5) is 9.00. The van der Waals surface area contributed by atoms with Crippen LogP contribution >= 0.6 is 11.6 Å². The number of hydrogen-bond donors (Lipinski definition) is 3. The molecule has 10 nitrogen and oxygen atoms in total. The normalized spacial score (nSPS) is 12.8.